The third-order valence-electron chi connectivity index (χ3n) is 3.03. The van der Waals surface area contributed by atoms with E-state index in [2.05, 4.69) is 9.50 Å². The van der Waals surface area contributed by atoms with Gasteiger partial charge in [0, 0.05) is 12.1 Å². The van der Waals surface area contributed by atoms with Gasteiger partial charge in [-0.1, -0.05) is 0 Å². The van der Waals surface area contributed by atoms with Crippen molar-refractivity contribution in [1.82, 2.24) is 0 Å². The monoisotopic (exact) mass is 367 g/mol. The lowest BCUT2D eigenvalue weighted by molar-refractivity contribution is -0.384. The topological polar surface area (TPSA) is 168 Å². The van der Waals surface area contributed by atoms with Crippen LogP contribution < -0.4 is 15.2 Å². The maximum atomic E-state index is 11.4. The minimum atomic E-state index is -4.17. The smallest absolute Gasteiger partial charge is 0.297 e. The number of ether oxygens (including phenoxy) is 1. The van der Waals surface area contributed by atoms with Crippen LogP contribution >= 0.6 is 0 Å². The second kappa shape index (κ2) is 5.92. The van der Waals surface area contributed by atoms with Crippen LogP contribution in [0, 0.1) is 10.1 Å². The average molecular weight is 367 g/mol. The molecule has 3 N–H and O–H groups in total. The van der Waals surface area contributed by atoms with Crippen LogP contribution in [0.5, 0.6) is 5.75 Å². The molecule has 0 radical (unpaired) electrons. The third kappa shape index (κ3) is 3.87. The van der Waals surface area contributed by atoms with E-state index in [0.29, 0.717) is 0 Å². The van der Waals surface area contributed by atoms with Gasteiger partial charge in [-0.2, -0.15) is 8.42 Å². The molecule has 1 atom stereocenters. The molecule has 0 saturated heterocycles. The van der Waals surface area contributed by atoms with Gasteiger partial charge in [0.25, 0.3) is 15.8 Å². The first-order chi connectivity index (χ1) is 10.5. The van der Waals surface area contributed by atoms with Crippen LogP contribution in [0.1, 0.15) is 0 Å². The SMILES string of the molecule is COS(=O)(=O)C[C@@H]1COc2cc(S(N)(=O)=O)cc([N+](=O)[O-])c2N1. The molecule has 0 bridgehead atoms. The Morgan fingerprint density at radius 3 is 2.61 bits per heavy atom. The number of nitro groups is 1. The molecule has 1 heterocycles. The zero-order chi connectivity index (χ0) is 17.4. The molecule has 13 heteroatoms. The fraction of sp³-hybridized carbons (Fsp3) is 0.400. The number of nitrogens with two attached hydrogens (primary N) is 1. The number of sulfonamides is 1. The van der Waals surface area contributed by atoms with Gasteiger partial charge in [0.1, 0.15) is 6.61 Å². The van der Waals surface area contributed by atoms with Gasteiger partial charge in [-0.25, -0.2) is 13.6 Å². The van der Waals surface area contributed by atoms with E-state index in [1.165, 1.54) is 0 Å². The second-order valence-electron chi connectivity index (χ2n) is 4.66. The summed E-state index contributed by atoms with van der Waals surface area (Å²) in [5.74, 6) is -0.578. The van der Waals surface area contributed by atoms with Crippen molar-refractivity contribution in [3.63, 3.8) is 0 Å². The van der Waals surface area contributed by atoms with Gasteiger partial charge in [-0.3, -0.25) is 14.3 Å². The lowest BCUT2D eigenvalue weighted by atomic mass is 10.2. The van der Waals surface area contributed by atoms with Gasteiger partial charge >= 0.3 is 0 Å². The minimum absolute atomic E-state index is 0.103. The van der Waals surface area contributed by atoms with Crippen molar-refractivity contribution in [2.75, 3.05) is 24.8 Å². The van der Waals surface area contributed by atoms with Crippen LogP contribution in [0.2, 0.25) is 0 Å². The number of nitro benzene ring substituents is 1. The molecule has 0 fully saturated rings. The maximum Gasteiger partial charge on any atom is 0.297 e. The summed E-state index contributed by atoms with van der Waals surface area (Å²) in [5.41, 5.74) is -0.712. The molecule has 1 aliphatic heterocycles. The van der Waals surface area contributed by atoms with E-state index < -0.39 is 47.4 Å². The van der Waals surface area contributed by atoms with Gasteiger partial charge in [-0.15, -0.1) is 0 Å². The molecule has 2 rings (SSSR count). The van der Waals surface area contributed by atoms with Crippen molar-refractivity contribution in [3.05, 3.63) is 22.2 Å². The Kier molecular flexibility index (Phi) is 4.48. The van der Waals surface area contributed by atoms with Crippen LogP contribution in [0.15, 0.2) is 17.0 Å². The van der Waals surface area contributed by atoms with Crippen molar-refractivity contribution in [1.29, 1.82) is 0 Å². The van der Waals surface area contributed by atoms with E-state index in [9.17, 15) is 26.9 Å². The van der Waals surface area contributed by atoms with Crippen LogP contribution in [0.25, 0.3) is 0 Å². The molecular formula is C10H13N3O8S2. The molecule has 23 heavy (non-hydrogen) atoms. The first-order valence-corrected chi connectivity index (χ1v) is 9.19. The number of nitrogens with zero attached hydrogens (tertiary/aromatic N) is 1. The van der Waals surface area contributed by atoms with Crippen LogP contribution in [0.4, 0.5) is 11.4 Å². The fourth-order valence-corrected chi connectivity index (χ4v) is 3.34. The summed E-state index contributed by atoms with van der Waals surface area (Å²) in [4.78, 5) is 9.83. The fourth-order valence-electron chi connectivity index (χ4n) is 1.98. The van der Waals surface area contributed by atoms with E-state index in [1.54, 1.807) is 0 Å². The van der Waals surface area contributed by atoms with E-state index >= 15 is 0 Å². The standard InChI is InChI=1S/C10H13N3O8S2/c1-20-22(16,17)5-6-4-21-9-3-7(23(11,18)19)2-8(13(14)15)10(9)12-6/h2-3,6,12H,4-5H2,1H3,(H2,11,18,19)/t6-/m0/s1. The largest absolute Gasteiger partial charge is 0.489 e. The number of hydrogen-bond acceptors (Lipinski definition) is 9. The van der Waals surface area contributed by atoms with Crippen molar-refractivity contribution in [3.8, 4) is 5.75 Å². The van der Waals surface area contributed by atoms with Gasteiger partial charge in [0.15, 0.2) is 11.4 Å². The summed E-state index contributed by atoms with van der Waals surface area (Å²) >= 11 is 0. The summed E-state index contributed by atoms with van der Waals surface area (Å²) in [5, 5.41) is 18.8. The molecule has 0 amide bonds. The Bertz CT molecular complexity index is 849. The zero-order valence-electron chi connectivity index (χ0n) is 11.8. The highest BCUT2D eigenvalue weighted by molar-refractivity contribution is 7.89. The lowest BCUT2D eigenvalue weighted by Crippen LogP contribution is -2.38. The first-order valence-electron chi connectivity index (χ1n) is 6.06. The van der Waals surface area contributed by atoms with Crippen LogP contribution in [0.3, 0.4) is 0 Å². The van der Waals surface area contributed by atoms with Crippen molar-refractivity contribution in [2.24, 2.45) is 5.14 Å². The molecule has 0 aromatic heterocycles. The van der Waals surface area contributed by atoms with Crippen molar-refractivity contribution < 1.29 is 30.7 Å². The first kappa shape index (κ1) is 17.4. The third-order valence-corrected chi connectivity index (χ3v) is 5.24. The number of fused-ring (bicyclic) bond motifs is 1. The zero-order valence-corrected chi connectivity index (χ0v) is 13.4. The van der Waals surface area contributed by atoms with Gasteiger partial charge in [-0.05, 0) is 0 Å². The number of primary sulfonamides is 1. The highest BCUT2D eigenvalue weighted by atomic mass is 32.2. The molecule has 0 aliphatic carbocycles. The summed E-state index contributed by atoms with van der Waals surface area (Å²) in [6.45, 7) is -0.152. The Morgan fingerprint density at radius 2 is 2.09 bits per heavy atom. The molecule has 0 saturated carbocycles. The number of nitrogens with one attached hydrogen (secondary N) is 1. The highest BCUT2D eigenvalue weighted by Gasteiger charge is 2.31. The van der Waals surface area contributed by atoms with Crippen LogP contribution in [-0.4, -0.2) is 47.3 Å². The predicted molar refractivity (Wildman–Crippen MR) is 78.2 cm³/mol. The Morgan fingerprint density at radius 1 is 1.43 bits per heavy atom. The minimum Gasteiger partial charge on any atom is -0.489 e. The normalized spacial score (nSPS) is 17.7. The van der Waals surface area contributed by atoms with Gasteiger partial charge < -0.3 is 10.1 Å². The highest BCUT2D eigenvalue weighted by Crippen LogP contribution is 2.39. The summed E-state index contributed by atoms with van der Waals surface area (Å²) in [7, 11) is -6.99. The molecule has 1 aliphatic rings. The summed E-state index contributed by atoms with van der Waals surface area (Å²) in [6, 6.07) is 1.01. The van der Waals surface area contributed by atoms with E-state index in [-0.39, 0.29) is 18.0 Å². The molecular weight excluding hydrogens is 354 g/mol. The lowest BCUT2D eigenvalue weighted by Gasteiger charge is -2.26. The van der Waals surface area contributed by atoms with Crippen molar-refractivity contribution >= 4 is 31.5 Å². The molecule has 1 aromatic carbocycles. The Labute approximate surface area is 131 Å². The molecule has 0 spiro atoms. The predicted octanol–water partition coefficient (Wildman–Crippen LogP) is -0.609. The molecule has 11 nitrogen and oxygen atoms in total. The molecule has 1 aromatic rings. The summed E-state index contributed by atoms with van der Waals surface area (Å²) in [6.07, 6.45) is 0. The van der Waals surface area contributed by atoms with Crippen molar-refractivity contribution in [2.45, 2.75) is 10.9 Å². The van der Waals surface area contributed by atoms with Crippen LogP contribution in [-0.2, 0) is 24.3 Å². The number of rotatable bonds is 5. The number of hydrogen-bond donors (Lipinski definition) is 2. The quantitative estimate of drug-likeness (QED) is 0.392. The number of benzene rings is 1. The summed E-state index contributed by atoms with van der Waals surface area (Å²) < 4.78 is 55.2. The Balaban J connectivity index is 2.45. The van der Waals surface area contributed by atoms with Gasteiger partial charge in [0.05, 0.1) is 28.7 Å². The average Bonchev–Trinajstić information content (AvgIpc) is 2.44. The van der Waals surface area contributed by atoms with E-state index in [1.807, 2.05) is 0 Å². The maximum absolute atomic E-state index is 11.4. The Hall–Kier alpha value is -1.96. The second-order valence-corrected chi connectivity index (χ2v) is 8.00. The molecule has 0 unspecified atom stereocenters. The van der Waals surface area contributed by atoms with E-state index in [0.717, 1.165) is 19.2 Å². The number of anilines is 1. The van der Waals surface area contributed by atoms with Gasteiger partial charge in [0.2, 0.25) is 10.0 Å². The van der Waals surface area contributed by atoms with E-state index in [4.69, 9.17) is 9.88 Å². The molecule has 128 valence electrons.